The van der Waals surface area contributed by atoms with Crippen LogP contribution in [0.1, 0.15) is 10.5 Å². The van der Waals surface area contributed by atoms with Crippen LogP contribution in [0.5, 0.6) is 0 Å². The lowest BCUT2D eigenvalue weighted by Crippen LogP contribution is -2.36. The molecule has 6 N–H and O–H groups in total. The van der Waals surface area contributed by atoms with Gasteiger partial charge < -0.3 is 21.7 Å². The van der Waals surface area contributed by atoms with E-state index in [4.69, 9.17) is 5.73 Å². The first-order chi connectivity index (χ1) is 12.9. The maximum absolute atomic E-state index is 12.3. The van der Waals surface area contributed by atoms with Gasteiger partial charge in [-0.3, -0.25) is 19.5 Å². The highest BCUT2D eigenvalue weighted by atomic mass is 16.2. The van der Waals surface area contributed by atoms with Gasteiger partial charge in [0.15, 0.2) is 0 Å². The highest BCUT2D eigenvalue weighted by Crippen LogP contribution is 2.15. The van der Waals surface area contributed by atoms with Gasteiger partial charge in [-0.2, -0.15) is 4.52 Å². The number of nitrogens with one attached hydrogen (secondary N) is 4. The highest BCUT2D eigenvalue weighted by molar-refractivity contribution is 6.03. The molecule has 3 rings (SSSR count). The van der Waals surface area contributed by atoms with Crippen molar-refractivity contribution in [3.8, 4) is 0 Å². The summed E-state index contributed by atoms with van der Waals surface area (Å²) in [6.07, 6.45) is 1.28. The van der Waals surface area contributed by atoms with E-state index in [1.54, 1.807) is 18.2 Å². The lowest BCUT2D eigenvalue weighted by molar-refractivity contribution is -0.117. The van der Waals surface area contributed by atoms with Crippen LogP contribution in [-0.2, 0) is 4.79 Å². The Morgan fingerprint density at radius 1 is 1.15 bits per heavy atom. The summed E-state index contributed by atoms with van der Waals surface area (Å²) in [4.78, 5) is 54.3. The van der Waals surface area contributed by atoms with E-state index in [2.05, 4.69) is 31.0 Å². The van der Waals surface area contributed by atoms with Crippen LogP contribution >= 0.6 is 0 Å². The summed E-state index contributed by atoms with van der Waals surface area (Å²) in [6, 6.07) is 6.70. The summed E-state index contributed by atoms with van der Waals surface area (Å²) in [5.74, 6) is -1.23. The first-order valence-corrected chi connectivity index (χ1v) is 7.60. The number of primary amides is 1. The SMILES string of the molecule is NC(=O)CNC(=O)Nc1cccc(NC(=O)c2cc(=O)n3[nH]cnc3n2)c1. The quantitative estimate of drug-likeness (QED) is 0.395. The minimum absolute atomic E-state index is 0.0641. The molecule has 0 fully saturated rings. The molecule has 1 aromatic carbocycles. The van der Waals surface area contributed by atoms with E-state index in [1.807, 2.05) is 0 Å². The fraction of sp³-hybridized carbons (Fsp3) is 0.0667. The molecule has 0 bridgehead atoms. The third kappa shape index (κ3) is 4.25. The summed E-state index contributed by atoms with van der Waals surface area (Å²) < 4.78 is 1.09. The number of nitrogens with zero attached hydrogens (tertiary/aromatic N) is 3. The molecular formula is C15H14N8O4. The summed E-state index contributed by atoms with van der Waals surface area (Å²) >= 11 is 0. The Morgan fingerprint density at radius 2 is 1.89 bits per heavy atom. The van der Waals surface area contributed by atoms with Gasteiger partial charge in [-0.05, 0) is 18.2 Å². The number of carbonyl (C=O) groups is 3. The monoisotopic (exact) mass is 370 g/mol. The molecule has 27 heavy (non-hydrogen) atoms. The Balaban J connectivity index is 1.71. The number of aromatic amines is 1. The lowest BCUT2D eigenvalue weighted by Gasteiger charge is -2.09. The summed E-state index contributed by atoms with van der Waals surface area (Å²) in [7, 11) is 0. The molecule has 2 aromatic heterocycles. The molecule has 0 atom stereocenters. The van der Waals surface area contributed by atoms with Gasteiger partial charge in [0.1, 0.15) is 12.0 Å². The van der Waals surface area contributed by atoms with Crippen molar-refractivity contribution in [3.05, 3.63) is 52.7 Å². The summed E-state index contributed by atoms with van der Waals surface area (Å²) in [5, 5.41) is 9.90. The van der Waals surface area contributed by atoms with E-state index in [1.165, 1.54) is 12.4 Å². The van der Waals surface area contributed by atoms with Crippen molar-refractivity contribution in [3.63, 3.8) is 0 Å². The van der Waals surface area contributed by atoms with Crippen LogP contribution in [0, 0.1) is 0 Å². The van der Waals surface area contributed by atoms with Gasteiger partial charge >= 0.3 is 6.03 Å². The van der Waals surface area contributed by atoms with E-state index in [0.717, 1.165) is 10.6 Å². The Morgan fingerprint density at radius 3 is 2.63 bits per heavy atom. The first kappa shape index (κ1) is 17.6. The van der Waals surface area contributed by atoms with Gasteiger partial charge in [0.05, 0.1) is 6.54 Å². The largest absolute Gasteiger partial charge is 0.368 e. The number of urea groups is 1. The molecule has 2 heterocycles. The van der Waals surface area contributed by atoms with Crippen LogP contribution < -0.4 is 27.2 Å². The highest BCUT2D eigenvalue weighted by Gasteiger charge is 2.12. The second kappa shape index (κ2) is 7.35. The molecule has 138 valence electrons. The van der Waals surface area contributed by atoms with E-state index in [9.17, 15) is 19.2 Å². The van der Waals surface area contributed by atoms with Crippen molar-refractivity contribution < 1.29 is 14.4 Å². The third-order valence-electron chi connectivity index (χ3n) is 3.30. The van der Waals surface area contributed by atoms with Gasteiger partial charge in [-0.1, -0.05) is 6.07 Å². The van der Waals surface area contributed by atoms with E-state index in [-0.39, 0.29) is 18.0 Å². The average molecular weight is 370 g/mol. The molecule has 0 radical (unpaired) electrons. The minimum atomic E-state index is -0.677. The van der Waals surface area contributed by atoms with Crippen LogP contribution in [-0.4, -0.2) is 44.0 Å². The molecule has 0 aliphatic carbocycles. The van der Waals surface area contributed by atoms with Gasteiger partial charge in [0.25, 0.3) is 17.2 Å². The van der Waals surface area contributed by atoms with Crippen LogP contribution in [0.25, 0.3) is 5.78 Å². The number of rotatable bonds is 5. The number of aromatic nitrogens is 4. The molecule has 0 spiro atoms. The fourth-order valence-corrected chi connectivity index (χ4v) is 2.15. The Kier molecular flexibility index (Phi) is 4.79. The van der Waals surface area contributed by atoms with Crippen molar-refractivity contribution in [2.45, 2.75) is 0 Å². The van der Waals surface area contributed by atoms with Crippen molar-refractivity contribution in [1.29, 1.82) is 0 Å². The fourth-order valence-electron chi connectivity index (χ4n) is 2.15. The zero-order valence-corrected chi connectivity index (χ0v) is 13.7. The molecule has 0 aliphatic rings. The standard InChI is InChI=1S/C15H14N8O4/c16-11(24)6-17-15(27)21-9-3-1-2-8(4-9)20-13(26)10-5-12(25)23-14(22-10)18-7-19-23/h1-5,7H,6H2,(H2,16,24)(H,20,26)(H2,17,21,27)(H,18,19,22). The van der Waals surface area contributed by atoms with Crippen LogP contribution in [0.15, 0.2) is 41.5 Å². The van der Waals surface area contributed by atoms with Crippen LogP contribution in [0.3, 0.4) is 0 Å². The Labute approximate surface area is 150 Å². The predicted octanol–water partition coefficient (Wildman–Crippen LogP) is -0.723. The topological polar surface area (TPSA) is 176 Å². The number of amides is 4. The van der Waals surface area contributed by atoms with Gasteiger partial charge in [0.2, 0.25) is 5.91 Å². The number of H-pyrrole nitrogens is 1. The van der Waals surface area contributed by atoms with Crippen molar-refractivity contribution in [2.75, 3.05) is 17.2 Å². The number of fused-ring (bicyclic) bond motifs is 1. The van der Waals surface area contributed by atoms with E-state index in [0.29, 0.717) is 11.4 Å². The van der Waals surface area contributed by atoms with Crippen LogP contribution in [0.4, 0.5) is 16.2 Å². The zero-order valence-electron chi connectivity index (χ0n) is 13.7. The number of benzene rings is 1. The second-order valence-electron chi connectivity index (χ2n) is 5.31. The van der Waals surface area contributed by atoms with Gasteiger partial charge in [-0.15, -0.1) is 0 Å². The molecule has 12 nitrogen and oxygen atoms in total. The zero-order chi connectivity index (χ0) is 19.4. The normalized spacial score (nSPS) is 10.4. The van der Waals surface area contributed by atoms with Crippen molar-refractivity contribution in [1.82, 2.24) is 24.9 Å². The molecule has 0 saturated heterocycles. The average Bonchev–Trinajstić information content (AvgIpc) is 3.09. The summed E-state index contributed by atoms with van der Waals surface area (Å²) in [5.41, 5.74) is 5.08. The molecule has 12 heteroatoms. The number of hydrogen-bond donors (Lipinski definition) is 5. The van der Waals surface area contributed by atoms with Crippen molar-refractivity contribution in [2.24, 2.45) is 5.73 Å². The predicted molar refractivity (Wildman–Crippen MR) is 94.2 cm³/mol. The first-order valence-electron chi connectivity index (χ1n) is 7.60. The Hall–Kier alpha value is -4.22. The number of hydrogen-bond acceptors (Lipinski definition) is 6. The number of anilines is 2. The summed E-state index contributed by atoms with van der Waals surface area (Å²) in [6.45, 7) is -0.306. The number of nitrogens with two attached hydrogens (primary N) is 1. The lowest BCUT2D eigenvalue weighted by atomic mass is 10.2. The second-order valence-corrected chi connectivity index (χ2v) is 5.31. The van der Waals surface area contributed by atoms with E-state index < -0.39 is 23.4 Å². The number of carbonyl (C=O) groups excluding carboxylic acids is 3. The van der Waals surface area contributed by atoms with Crippen LogP contribution in [0.2, 0.25) is 0 Å². The minimum Gasteiger partial charge on any atom is -0.368 e. The molecule has 0 unspecified atom stereocenters. The molecule has 0 aliphatic heterocycles. The maximum Gasteiger partial charge on any atom is 0.319 e. The molecular weight excluding hydrogens is 356 g/mol. The molecule has 0 saturated carbocycles. The van der Waals surface area contributed by atoms with Gasteiger partial charge in [-0.25, -0.2) is 14.8 Å². The molecule has 3 aromatic rings. The van der Waals surface area contributed by atoms with Crippen molar-refractivity contribution >= 4 is 35.0 Å². The Bertz CT molecular complexity index is 1090. The van der Waals surface area contributed by atoms with E-state index >= 15 is 0 Å². The van der Waals surface area contributed by atoms with Gasteiger partial charge in [0, 0.05) is 17.4 Å². The maximum atomic E-state index is 12.3. The smallest absolute Gasteiger partial charge is 0.319 e. The molecule has 4 amide bonds. The third-order valence-corrected chi connectivity index (χ3v) is 3.30.